The highest BCUT2D eigenvalue weighted by Crippen LogP contribution is 2.48. The van der Waals surface area contributed by atoms with Gasteiger partial charge in [0.15, 0.2) is 5.78 Å². The number of rotatable bonds is 4. The number of fused-ring (bicyclic) bond motifs is 2. The van der Waals surface area contributed by atoms with Crippen molar-refractivity contribution < 1.29 is 19.2 Å². The molecule has 0 aromatic heterocycles. The van der Waals surface area contributed by atoms with Crippen LogP contribution in [0.1, 0.15) is 41.3 Å². The Kier molecular flexibility index (Phi) is 4.58. The third-order valence-corrected chi connectivity index (χ3v) is 5.29. The summed E-state index contributed by atoms with van der Waals surface area (Å²) < 4.78 is 5.25. The van der Waals surface area contributed by atoms with Crippen molar-refractivity contribution in [3.8, 4) is 0 Å². The lowest BCUT2D eigenvalue weighted by molar-refractivity contribution is -0.384. The Labute approximate surface area is 166 Å². The second kappa shape index (κ2) is 7.09. The summed E-state index contributed by atoms with van der Waals surface area (Å²) in [6.07, 6.45) is 0. The molecule has 2 atom stereocenters. The van der Waals surface area contributed by atoms with Crippen molar-refractivity contribution in [2.45, 2.75) is 19.8 Å². The summed E-state index contributed by atoms with van der Waals surface area (Å²) in [5.41, 5.74) is 3.08. The van der Waals surface area contributed by atoms with Gasteiger partial charge in [-0.15, -0.1) is 0 Å². The highest BCUT2D eigenvalue weighted by atomic mass is 16.6. The molecule has 1 aliphatic carbocycles. The summed E-state index contributed by atoms with van der Waals surface area (Å²) in [5.74, 6) is -2.24. The maximum absolute atomic E-state index is 13.3. The van der Waals surface area contributed by atoms with E-state index in [0.717, 1.165) is 0 Å². The number of benzene rings is 2. The SMILES string of the molecule is CCOC(=O)C1C(C)=NC2=C(C(=O)c3ccccc32)C1c1cccc([N+](=O)[O-])c1. The third kappa shape index (κ3) is 2.95. The van der Waals surface area contributed by atoms with E-state index in [4.69, 9.17) is 4.74 Å². The van der Waals surface area contributed by atoms with Gasteiger partial charge in [-0.25, -0.2) is 0 Å². The first-order valence-corrected chi connectivity index (χ1v) is 9.28. The average Bonchev–Trinajstić information content (AvgIpc) is 2.99. The van der Waals surface area contributed by atoms with E-state index in [9.17, 15) is 19.7 Å². The molecule has 146 valence electrons. The molecule has 0 amide bonds. The van der Waals surface area contributed by atoms with E-state index in [1.165, 1.54) is 12.1 Å². The van der Waals surface area contributed by atoms with Crippen molar-refractivity contribution in [3.63, 3.8) is 0 Å². The van der Waals surface area contributed by atoms with Crippen LogP contribution in [0.2, 0.25) is 0 Å². The molecule has 0 radical (unpaired) electrons. The molecule has 0 fully saturated rings. The van der Waals surface area contributed by atoms with Gasteiger partial charge in [0.25, 0.3) is 5.69 Å². The van der Waals surface area contributed by atoms with Gasteiger partial charge in [-0.05, 0) is 19.4 Å². The van der Waals surface area contributed by atoms with Gasteiger partial charge in [0.05, 0.1) is 17.2 Å². The fourth-order valence-corrected chi connectivity index (χ4v) is 4.08. The Morgan fingerprint density at radius 3 is 2.59 bits per heavy atom. The van der Waals surface area contributed by atoms with Gasteiger partial charge in [0.1, 0.15) is 5.92 Å². The van der Waals surface area contributed by atoms with Gasteiger partial charge in [0.2, 0.25) is 0 Å². The first kappa shape index (κ1) is 18.7. The minimum atomic E-state index is -0.825. The number of aliphatic imine (C=N–C) groups is 1. The Balaban J connectivity index is 1.94. The molecular weight excluding hydrogens is 372 g/mol. The van der Waals surface area contributed by atoms with Gasteiger partial charge >= 0.3 is 5.97 Å². The van der Waals surface area contributed by atoms with Crippen molar-refractivity contribution in [2.24, 2.45) is 10.9 Å². The lowest BCUT2D eigenvalue weighted by Crippen LogP contribution is -2.35. The molecule has 0 bridgehead atoms. The number of carbonyl (C=O) groups is 2. The van der Waals surface area contributed by atoms with E-state index >= 15 is 0 Å². The van der Waals surface area contributed by atoms with E-state index in [1.54, 1.807) is 38.1 Å². The fraction of sp³-hybridized carbons (Fsp3) is 0.227. The Hall–Kier alpha value is -3.61. The van der Waals surface area contributed by atoms with E-state index in [1.807, 2.05) is 12.1 Å². The highest BCUT2D eigenvalue weighted by Gasteiger charge is 2.46. The molecule has 7 heteroatoms. The first-order valence-electron chi connectivity index (χ1n) is 9.28. The van der Waals surface area contributed by atoms with Crippen LogP contribution in [0.15, 0.2) is 59.1 Å². The zero-order valence-corrected chi connectivity index (χ0v) is 15.9. The molecule has 0 N–H and O–H groups in total. The van der Waals surface area contributed by atoms with Crippen LogP contribution in [0.3, 0.4) is 0 Å². The van der Waals surface area contributed by atoms with Gasteiger partial charge in [-0.2, -0.15) is 0 Å². The summed E-state index contributed by atoms with van der Waals surface area (Å²) >= 11 is 0. The smallest absolute Gasteiger partial charge is 0.315 e. The molecule has 2 unspecified atom stereocenters. The second-order valence-corrected chi connectivity index (χ2v) is 6.95. The highest BCUT2D eigenvalue weighted by molar-refractivity contribution is 6.24. The molecule has 29 heavy (non-hydrogen) atoms. The number of ketones is 1. The number of ether oxygens (including phenoxy) is 1. The van der Waals surface area contributed by atoms with Crippen LogP contribution < -0.4 is 0 Å². The van der Waals surface area contributed by atoms with Crippen LogP contribution in [0.4, 0.5) is 5.69 Å². The molecule has 1 heterocycles. The maximum atomic E-state index is 13.3. The molecule has 7 nitrogen and oxygen atoms in total. The number of nitro groups is 1. The predicted octanol–water partition coefficient (Wildman–Crippen LogP) is 3.94. The number of non-ortho nitro benzene ring substituents is 1. The molecule has 2 aromatic rings. The van der Waals surface area contributed by atoms with Gasteiger partial charge in [0, 0.05) is 40.5 Å². The number of Topliss-reactive ketones (excluding diaryl/α,β-unsaturated/α-hetero) is 1. The van der Waals surface area contributed by atoms with Crippen molar-refractivity contribution in [1.29, 1.82) is 0 Å². The third-order valence-electron chi connectivity index (χ3n) is 5.29. The average molecular weight is 390 g/mol. The van der Waals surface area contributed by atoms with Gasteiger partial charge in [-0.1, -0.05) is 36.4 Å². The lowest BCUT2D eigenvalue weighted by atomic mass is 9.75. The van der Waals surface area contributed by atoms with E-state index in [2.05, 4.69) is 4.99 Å². The summed E-state index contributed by atoms with van der Waals surface area (Å²) in [4.78, 5) is 41.5. The Morgan fingerprint density at radius 2 is 1.90 bits per heavy atom. The van der Waals surface area contributed by atoms with Crippen LogP contribution >= 0.6 is 0 Å². The van der Waals surface area contributed by atoms with Gasteiger partial charge < -0.3 is 4.74 Å². The molecular formula is C22H18N2O5. The maximum Gasteiger partial charge on any atom is 0.315 e. The van der Waals surface area contributed by atoms with Crippen molar-refractivity contribution >= 4 is 28.8 Å². The number of hydrogen-bond donors (Lipinski definition) is 0. The molecule has 0 spiro atoms. The Morgan fingerprint density at radius 1 is 1.17 bits per heavy atom. The predicted molar refractivity (Wildman–Crippen MR) is 107 cm³/mol. The minimum Gasteiger partial charge on any atom is -0.465 e. The lowest BCUT2D eigenvalue weighted by Gasteiger charge is -2.30. The molecule has 2 aromatic carbocycles. The number of hydrogen-bond acceptors (Lipinski definition) is 6. The summed E-state index contributed by atoms with van der Waals surface area (Å²) in [6, 6.07) is 13.2. The molecule has 2 aliphatic rings. The van der Waals surface area contributed by atoms with Crippen LogP contribution in [-0.4, -0.2) is 29.0 Å². The quantitative estimate of drug-likeness (QED) is 0.447. The van der Waals surface area contributed by atoms with Crippen LogP contribution in [0.25, 0.3) is 5.70 Å². The number of carbonyl (C=O) groups excluding carboxylic acids is 2. The Bertz CT molecular complexity index is 1120. The molecule has 0 saturated heterocycles. The van der Waals surface area contributed by atoms with Crippen LogP contribution in [0.5, 0.6) is 0 Å². The van der Waals surface area contributed by atoms with E-state index in [0.29, 0.717) is 33.7 Å². The van der Waals surface area contributed by atoms with Crippen LogP contribution in [-0.2, 0) is 9.53 Å². The zero-order chi connectivity index (χ0) is 20.7. The summed E-state index contributed by atoms with van der Waals surface area (Å²) in [5, 5.41) is 11.3. The summed E-state index contributed by atoms with van der Waals surface area (Å²) in [7, 11) is 0. The van der Waals surface area contributed by atoms with Crippen molar-refractivity contribution in [1.82, 2.24) is 0 Å². The second-order valence-electron chi connectivity index (χ2n) is 6.95. The van der Waals surface area contributed by atoms with Crippen molar-refractivity contribution in [2.75, 3.05) is 6.61 Å². The van der Waals surface area contributed by atoms with E-state index in [-0.39, 0.29) is 18.1 Å². The van der Waals surface area contributed by atoms with Gasteiger partial charge in [-0.3, -0.25) is 24.7 Å². The normalized spacial score (nSPS) is 20.1. The minimum absolute atomic E-state index is 0.101. The standard InChI is InChI=1S/C22H18N2O5/c1-3-29-22(26)17-12(2)23-20-15-9-4-5-10-16(15)21(25)19(20)18(17)13-7-6-8-14(11-13)24(27)28/h4-11,17-18H,3H2,1-2H3. The number of nitrogens with zero attached hydrogens (tertiary/aromatic N) is 2. The van der Waals surface area contributed by atoms with E-state index < -0.39 is 22.7 Å². The molecule has 4 rings (SSSR count). The first-order chi connectivity index (χ1) is 13.9. The molecule has 0 saturated carbocycles. The van der Waals surface area contributed by atoms with Crippen molar-refractivity contribution in [3.05, 3.63) is 80.9 Å². The number of nitro benzene ring substituents is 1. The zero-order valence-electron chi connectivity index (χ0n) is 15.9. The monoisotopic (exact) mass is 390 g/mol. The van der Waals surface area contributed by atoms with Crippen LogP contribution in [0, 0.1) is 16.0 Å². The number of esters is 1. The number of allylic oxidation sites excluding steroid dienone is 1. The summed E-state index contributed by atoms with van der Waals surface area (Å²) in [6.45, 7) is 3.61. The largest absolute Gasteiger partial charge is 0.465 e. The topological polar surface area (TPSA) is 98.9 Å². The fourth-order valence-electron chi connectivity index (χ4n) is 4.08. The molecule has 1 aliphatic heterocycles.